The van der Waals surface area contributed by atoms with Crippen LogP contribution in [0.15, 0.2) is 42.5 Å². The first-order valence-corrected chi connectivity index (χ1v) is 9.01. The molecule has 0 nitrogen and oxygen atoms in total. The van der Waals surface area contributed by atoms with Crippen molar-refractivity contribution >= 4 is 13.3 Å². The molecule has 0 fully saturated rings. The van der Waals surface area contributed by atoms with E-state index in [-0.39, 0.29) is 10.8 Å². The fourth-order valence-electron chi connectivity index (χ4n) is 4.30. The first-order chi connectivity index (χ1) is 11.1. The van der Waals surface area contributed by atoms with Crippen molar-refractivity contribution in [3.8, 4) is 0 Å². The van der Waals surface area contributed by atoms with E-state index in [4.69, 9.17) is 7.85 Å². The highest BCUT2D eigenvalue weighted by Gasteiger charge is 2.33. The van der Waals surface area contributed by atoms with Gasteiger partial charge in [0.1, 0.15) is 7.85 Å². The molecule has 24 heavy (non-hydrogen) atoms. The van der Waals surface area contributed by atoms with Crippen LogP contribution in [0.1, 0.15) is 76.1 Å². The lowest BCUT2D eigenvalue weighted by Crippen LogP contribution is -2.35. The van der Waals surface area contributed by atoms with Crippen LogP contribution in [0.4, 0.5) is 0 Å². The third kappa shape index (κ3) is 3.77. The third-order valence-electron chi connectivity index (χ3n) is 5.25. The number of rotatable bonds is 5. The van der Waals surface area contributed by atoms with E-state index >= 15 is 0 Å². The average molecular weight is 318 g/mol. The van der Waals surface area contributed by atoms with Gasteiger partial charge in [-0.05, 0) is 46.8 Å². The third-order valence-corrected chi connectivity index (χ3v) is 5.25. The largest absolute Gasteiger partial charge is 0.114 e. The molecule has 0 atom stereocenters. The van der Waals surface area contributed by atoms with Gasteiger partial charge in [0.15, 0.2) is 0 Å². The molecule has 126 valence electrons. The molecule has 2 radical (unpaired) electrons. The Labute approximate surface area is 150 Å². The van der Waals surface area contributed by atoms with Crippen LogP contribution in [0.2, 0.25) is 0 Å². The lowest BCUT2D eigenvalue weighted by atomic mass is 9.64. The SMILES string of the molecule is [B]c1c(C(C)C)cccc1C(C)(C)CC(C)(C)c1ccccc1C. The van der Waals surface area contributed by atoms with Crippen molar-refractivity contribution in [3.05, 3.63) is 64.7 Å². The summed E-state index contributed by atoms with van der Waals surface area (Å²) in [4.78, 5) is 0. The molecule has 0 bridgehead atoms. The quantitative estimate of drug-likeness (QED) is 0.633. The first kappa shape index (κ1) is 18.8. The molecule has 2 rings (SSSR count). The molecule has 0 aliphatic carbocycles. The monoisotopic (exact) mass is 318 g/mol. The van der Waals surface area contributed by atoms with Crippen LogP contribution >= 0.6 is 0 Å². The highest BCUT2D eigenvalue weighted by Crippen LogP contribution is 2.39. The number of hydrogen-bond acceptors (Lipinski definition) is 0. The number of aryl methyl sites for hydroxylation is 1. The second kappa shape index (κ2) is 6.79. The van der Waals surface area contributed by atoms with E-state index in [0.29, 0.717) is 5.92 Å². The van der Waals surface area contributed by atoms with Gasteiger partial charge in [0.25, 0.3) is 0 Å². The van der Waals surface area contributed by atoms with Gasteiger partial charge in [-0.1, -0.05) is 95.0 Å². The van der Waals surface area contributed by atoms with Gasteiger partial charge >= 0.3 is 0 Å². The van der Waals surface area contributed by atoms with E-state index in [1.54, 1.807) is 0 Å². The van der Waals surface area contributed by atoms with Gasteiger partial charge in [-0.3, -0.25) is 0 Å². The second-order valence-corrected chi connectivity index (χ2v) is 8.72. The summed E-state index contributed by atoms with van der Waals surface area (Å²) in [6.07, 6.45) is 1.05. The minimum Gasteiger partial charge on any atom is -0.0896 e. The fraction of sp³-hybridized carbons (Fsp3) is 0.478. The topological polar surface area (TPSA) is 0 Å². The summed E-state index contributed by atoms with van der Waals surface area (Å²) in [6.45, 7) is 16.0. The maximum atomic E-state index is 6.56. The Balaban J connectivity index is 2.41. The van der Waals surface area contributed by atoms with Crippen molar-refractivity contribution in [2.45, 2.75) is 71.6 Å². The molecule has 0 saturated carbocycles. The Hall–Kier alpha value is -1.50. The lowest BCUT2D eigenvalue weighted by Gasteiger charge is -2.38. The van der Waals surface area contributed by atoms with Crippen LogP contribution in [0, 0.1) is 6.92 Å². The Morgan fingerprint density at radius 3 is 1.96 bits per heavy atom. The van der Waals surface area contributed by atoms with Crippen LogP contribution < -0.4 is 5.46 Å². The van der Waals surface area contributed by atoms with E-state index < -0.39 is 0 Å². The van der Waals surface area contributed by atoms with E-state index in [1.807, 2.05) is 0 Å². The summed E-state index contributed by atoms with van der Waals surface area (Å²) in [5, 5.41) is 0. The summed E-state index contributed by atoms with van der Waals surface area (Å²) in [7, 11) is 6.56. The normalized spacial score (nSPS) is 12.7. The highest BCUT2D eigenvalue weighted by molar-refractivity contribution is 6.34. The molecule has 0 aliphatic heterocycles. The number of benzene rings is 2. The van der Waals surface area contributed by atoms with Crippen LogP contribution in [0.3, 0.4) is 0 Å². The van der Waals surface area contributed by atoms with Gasteiger partial charge in [0, 0.05) is 0 Å². The van der Waals surface area contributed by atoms with Crippen molar-refractivity contribution in [1.29, 1.82) is 0 Å². The van der Waals surface area contributed by atoms with E-state index in [9.17, 15) is 0 Å². The van der Waals surface area contributed by atoms with Crippen LogP contribution in [0.25, 0.3) is 0 Å². The Morgan fingerprint density at radius 1 is 0.833 bits per heavy atom. The zero-order chi connectivity index (χ0) is 18.1. The zero-order valence-electron chi connectivity index (χ0n) is 16.4. The smallest absolute Gasteiger partial charge is 0.0896 e. The van der Waals surface area contributed by atoms with Gasteiger partial charge < -0.3 is 0 Å². The maximum absolute atomic E-state index is 6.56. The summed E-state index contributed by atoms with van der Waals surface area (Å²) in [5.74, 6) is 0.449. The minimum absolute atomic E-state index is 0.0146. The maximum Gasteiger partial charge on any atom is 0.114 e. The molecule has 0 aromatic heterocycles. The molecule has 0 saturated heterocycles. The molecule has 0 aliphatic rings. The Bertz CT molecular complexity index is 708. The Morgan fingerprint density at radius 2 is 1.38 bits per heavy atom. The molecule has 0 N–H and O–H groups in total. The van der Waals surface area contributed by atoms with Gasteiger partial charge in [-0.2, -0.15) is 0 Å². The molecule has 1 heteroatoms. The summed E-state index contributed by atoms with van der Waals surface area (Å²) >= 11 is 0. The molecular formula is C23H31B. The lowest BCUT2D eigenvalue weighted by molar-refractivity contribution is 0.349. The molecule has 0 heterocycles. The average Bonchev–Trinajstić information content (AvgIpc) is 2.46. The second-order valence-electron chi connectivity index (χ2n) is 8.72. The molecular weight excluding hydrogens is 287 g/mol. The zero-order valence-corrected chi connectivity index (χ0v) is 16.4. The van der Waals surface area contributed by atoms with Gasteiger partial charge in [-0.15, -0.1) is 0 Å². The first-order valence-electron chi connectivity index (χ1n) is 9.01. The standard InChI is InChI=1S/C23H31B/c1-16(2)18-12-10-14-20(21(18)24)23(6,7)15-22(4,5)19-13-9-8-11-17(19)3/h8-14,16H,15H2,1-7H3. The summed E-state index contributed by atoms with van der Waals surface area (Å²) in [5.41, 5.74) is 6.40. The van der Waals surface area contributed by atoms with Crippen molar-refractivity contribution < 1.29 is 0 Å². The molecule has 0 unspecified atom stereocenters. The minimum atomic E-state index is 0.0146. The van der Waals surface area contributed by atoms with Crippen LogP contribution in [-0.2, 0) is 10.8 Å². The van der Waals surface area contributed by atoms with Crippen molar-refractivity contribution in [3.63, 3.8) is 0 Å². The highest BCUT2D eigenvalue weighted by atomic mass is 14.4. The van der Waals surface area contributed by atoms with Crippen molar-refractivity contribution in [2.75, 3.05) is 0 Å². The predicted octanol–water partition coefficient (Wildman–Crippen LogP) is 5.56. The molecule has 0 spiro atoms. The van der Waals surface area contributed by atoms with Crippen LogP contribution in [-0.4, -0.2) is 7.85 Å². The Kier molecular flexibility index (Phi) is 5.33. The van der Waals surface area contributed by atoms with E-state index in [0.717, 1.165) is 11.9 Å². The van der Waals surface area contributed by atoms with Gasteiger partial charge in [0.05, 0.1) is 0 Å². The van der Waals surface area contributed by atoms with Gasteiger partial charge in [-0.25, -0.2) is 0 Å². The summed E-state index contributed by atoms with van der Waals surface area (Å²) < 4.78 is 0. The fourth-order valence-corrected chi connectivity index (χ4v) is 4.30. The van der Waals surface area contributed by atoms with E-state index in [2.05, 4.69) is 90.9 Å². The molecule has 2 aromatic carbocycles. The van der Waals surface area contributed by atoms with Crippen LogP contribution in [0.5, 0.6) is 0 Å². The summed E-state index contributed by atoms with van der Waals surface area (Å²) in [6, 6.07) is 15.2. The molecule has 2 aromatic rings. The van der Waals surface area contributed by atoms with Gasteiger partial charge in [0.2, 0.25) is 0 Å². The van der Waals surface area contributed by atoms with Crippen molar-refractivity contribution in [2.24, 2.45) is 0 Å². The van der Waals surface area contributed by atoms with Crippen molar-refractivity contribution in [1.82, 2.24) is 0 Å². The predicted molar refractivity (Wildman–Crippen MR) is 108 cm³/mol. The number of hydrogen-bond donors (Lipinski definition) is 0. The van der Waals surface area contributed by atoms with E-state index in [1.165, 1.54) is 22.3 Å². The molecule has 0 amide bonds.